The molecule has 0 amide bonds. The van der Waals surface area contributed by atoms with Gasteiger partial charge in [-0.25, -0.2) is 0 Å². The van der Waals surface area contributed by atoms with Crippen molar-refractivity contribution in [2.75, 3.05) is 6.61 Å². The molecule has 0 saturated heterocycles. The Labute approximate surface area is 66.9 Å². The van der Waals surface area contributed by atoms with Crippen molar-refractivity contribution < 1.29 is 9.53 Å². The van der Waals surface area contributed by atoms with Gasteiger partial charge in [-0.2, -0.15) is 0 Å². The molecular formula is C8H15NO2. The maximum absolute atomic E-state index is 10.9. The predicted molar refractivity (Wildman–Crippen MR) is 41.9 cm³/mol. The molecule has 0 aliphatic heterocycles. The van der Waals surface area contributed by atoms with Crippen molar-refractivity contribution in [3.63, 3.8) is 0 Å². The molecule has 3 heteroatoms. The van der Waals surface area contributed by atoms with Gasteiger partial charge in [0.1, 0.15) is 6.04 Å². The summed E-state index contributed by atoms with van der Waals surface area (Å²) >= 11 is 0. The third kappa shape index (κ3) is 2.50. The van der Waals surface area contributed by atoms with Gasteiger partial charge < -0.3 is 10.5 Å². The Hall–Kier alpha value is -0.570. The smallest absolute Gasteiger partial charge is 0.322 e. The first-order chi connectivity index (χ1) is 5.03. The van der Waals surface area contributed by atoms with Gasteiger partial charge >= 0.3 is 5.97 Å². The summed E-state index contributed by atoms with van der Waals surface area (Å²) in [6.45, 7) is 4.28. The molecule has 2 N–H and O–H groups in total. The van der Waals surface area contributed by atoms with Crippen LogP contribution in [-0.4, -0.2) is 18.6 Å². The number of carbonyl (C=O) groups is 1. The summed E-state index contributed by atoms with van der Waals surface area (Å²) in [5, 5.41) is 0. The summed E-state index contributed by atoms with van der Waals surface area (Å²) < 4.78 is 4.97. The molecule has 0 aromatic carbocycles. The minimum Gasteiger partial charge on any atom is -0.464 e. The first-order valence-corrected chi connectivity index (χ1v) is 3.96. The zero-order valence-electron chi connectivity index (χ0n) is 7.09. The first-order valence-electron chi connectivity index (χ1n) is 3.96. The van der Waals surface area contributed by atoms with Crippen molar-refractivity contribution in [2.45, 2.75) is 32.7 Å². The Balaban J connectivity index is 2.16. The monoisotopic (exact) mass is 157 g/mol. The number of ether oxygens (including phenoxy) is 1. The van der Waals surface area contributed by atoms with Gasteiger partial charge in [0.05, 0.1) is 6.61 Å². The fourth-order valence-corrected chi connectivity index (χ4v) is 0.735. The van der Waals surface area contributed by atoms with Crippen LogP contribution in [0.5, 0.6) is 0 Å². The molecule has 1 saturated carbocycles. The van der Waals surface area contributed by atoms with E-state index in [4.69, 9.17) is 10.5 Å². The molecule has 0 aromatic rings. The van der Waals surface area contributed by atoms with Gasteiger partial charge in [0.2, 0.25) is 0 Å². The molecule has 0 aromatic heterocycles. The third-order valence-electron chi connectivity index (χ3n) is 2.04. The zero-order chi connectivity index (χ0) is 8.48. The molecule has 1 fully saturated rings. The lowest BCUT2D eigenvalue weighted by atomic mass is 10.2. The zero-order valence-corrected chi connectivity index (χ0v) is 7.09. The van der Waals surface area contributed by atoms with Crippen molar-refractivity contribution >= 4 is 5.97 Å². The van der Waals surface area contributed by atoms with Crippen molar-refractivity contribution in [2.24, 2.45) is 11.1 Å². The van der Waals surface area contributed by atoms with Crippen molar-refractivity contribution in [3.8, 4) is 0 Å². The average molecular weight is 157 g/mol. The molecule has 11 heavy (non-hydrogen) atoms. The van der Waals surface area contributed by atoms with E-state index < -0.39 is 6.04 Å². The van der Waals surface area contributed by atoms with Crippen LogP contribution >= 0.6 is 0 Å². The van der Waals surface area contributed by atoms with Crippen molar-refractivity contribution in [1.29, 1.82) is 0 Å². The fourth-order valence-electron chi connectivity index (χ4n) is 0.735. The Kier molecular flexibility index (Phi) is 2.18. The van der Waals surface area contributed by atoms with Gasteiger partial charge in [0.25, 0.3) is 0 Å². The van der Waals surface area contributed by atoms with Crippen LogP contribution in [0.4, 0.5) is 0 Å². The van der Waals surface area contributed by atoms with Gasteiger partial charge in [-0.15, -0.1) is 0 Å². The van der Waals surface area contributed by atoms with Gasteiger partial charge in [0, 0.05) is 5.41 Å². The third-order valence-corrected chi connectivity index (χ3v) is 2.04. The summed E-state index contributed by atoms with van der Waals surface area (Å²) in [6, 6.07) is -0.489. The van der Waals surface area contributed by atoms with Crippen LogP contribution in [0.15, 0.2) is 0 Å². The lowest BCUT2D eigenvalue weighted by molar-refractivity contribution is -0.146. The Morgan fingerprint density at radius 1 is 1.73 bits per heavy atom. The van der Waals surface area contributed by atoms with Crippen LogP contribution in [0.3, 0.4) is 0 Å². The molecule has 0 spiro atoms. The second kappa shape index (κ2) is 2.81. The standard InChI is InChI=1S/C8H15NO2/c1-6(9)7(10)11-5-8(2)3-4-8/h6H,3-5,9H2,1-2H3. The molecular weight excluding hydrogens is 142 g/mol. The SMILES string of the molecule is CC(N)C(=O)OCC1(C)CC1. The normalized spacial score (nSPS) is 22.5. The lowest BCUT2D eigenvalue weighted by Gasteiger charge is -2.10. The minimum atomic E-state index is -0.489. The largest absolute Gasteiger partial charge is 0.464 e. The van der Waals surface area contributed by atoms with Crippen LogP contribution in [0.25, 0.3) is 0 Å². The molecule has 1 aliphatic rings. The molecule has 3 nitrogen and oxygen atoms in total. The second-order valence-corrected chi connectivity index (χ2v) is 3.71. The highest BCUT2D eigenvalue weighted by Gasteiger charge is 2.38. The van der Waals surface area contributed by atoms with Crippen molar-refractivity contribution in [3.05, 3.63) is 0 Å². The quantitative estimate of drug-likeness (QED) is 0.613. The van der Waals surface area contributed by atoms with Gasteiger partial charge in [-0.05, 0) is 19.8 Å². The van der Waals surface area contributed by atoms with Gasteiger partial charge in [0.15, 0.2) is 0 Å². The summed E-state index contributed by atoms with van der Waals surface area (Å²) in [5.41, 5.74) is 5.58. The van der Waals surface area contributed by atoms with E-state index >= 15 is 0 Å². The molecule has 0 radical (unpaired) electrons. The maximum Gasteiger partial charge on any atom is 0.322 e. The summed E-state index contributed by atoms with van der Waals surface area (Å²) in [4.78, 5) is 10.9. The van der Waals surface area contributed by atoms with E-state index in [1.807, 2.05) is 0 Å². The lowest BCUT2D eigenvalue weighted by Crippen LogP contribution is -2.30. The van der Waals surface area contributed by atoms with Crippen LogP contribution in [0, 0.1) is 5.41 Å². The average Bonchev–Trinajstić information content (AvgIpc) is 2.64. The Bertz CT molecular complexity index is 161. The Morgan fingerprint density at radius 2 is 2.27 bits per heavy atom. The topological polar surface area (TPSA) is 52.3 Å². The van der Waals surface area contributed by atoms with E-state index in [0.717, 1.165) is 0 Å². The molecule has 0 bridgehead atoms. The second-order valence-electron chi connectivity index (χ2n) is 3.71. The van der Waals surface area contributed by atoms with Gasteiger partial charge in [-0.1, -0.05) is 6.92 Å². The molecule has 1 unspecified atom stereocenters. The molecule has 1 rings (SSSR count). The number of hydrogen-bond donors (Lipinski definition) is 1. The highest BCUT2D eigenvalue weighted by molar-refractivity contribution is 5.74. The van der Waals surface area contributed by atoms with Crippen LogP contribution in [-0.2, 0) is 9.53 Å². The summed E-state index contributed by atoms with van der Waals surface area (Å²) in [5.74, 6) is -0.293. The number of hydrogen-bond acceptors (Lipinski definition) is 3. The highest BCUT2D eigenvalue weighted by Crippen LogP contribution is 2.44. The van der Waals surface area contributed by atoms with Crippen molar-refractivity contribution in [1.82, 2.24) is 0 Å². The summed E-state index contributed by atoms with van der Waals surface area (Å²) in [7, 11) is 0. The predicted octanol–water partition coefficient (Wildman–Crippen LogP) is 0.677. The molecule has 1 atom stereocenters. The van der Waals surface area contributed by atoms with E-state index in [9.17, 15) is 4.79 Å². The number of nitrogens with two attached hydrogens (primary N) is 1. The van der Waals surface area contributed by atoms with E-state index in [0.29, 0.717) is 6.61 Å². The van der Waals surface area contributed by atoms with E-state index in [1.54, 1.807) is 6.92 Å². The first kappa shape index (κ1) is 8.53. The number of carbonyl (C=O) groups excluding carboxylic acids is 1. The number of rotatable bonds is 3. The maximum atomic E-state index is 10.9. The fraction of sp³-hybridized carbons (Fsp3) is 0.875. The highest BCUT2D eigenvalue weighted by atomic mass is 16.5. The Morgan fingerprint density at radius 3 is 2.64 bits per heavy atom. The molecule has 0 heterocycles. The van der Waals surface area contributed by atoms with E-state index in [2.05, 4.69) is 6.92 Å². The molecule has 1 aliphatic carbocycles. The van der Waals surface area contributed by atoms with Gasteiger partial charge in [-0.3, -0.25) is 4.79 Å². The van der Waals surface area contributed by atoms with Crippen LogP contribution in [0.1, 0.15) is 26.7 Å². The van der Waals surface area contributed by atoms with Crippen LogP contribution < -0.4 is 5.73 Å². The van der Waals surface area contributed by atoms with E-state index in [1.165, 1.54) is 12.8 Å². The minimum absolute atomic E-state index is 0.268. The number of esters is 1. The van der Waals surface area contributed by atoms with Crippen LogP contribution in [0.2, 0.25) is 0 Å². The summed E-state index contributed by atoms with van der Waals surface area (Å²) in [6.07, 6.45) is 2.33. The van der Waals surface area contributed by atoms with E-state index in [-0.39, 0.29) is 11.4 Å². The molecule has 64 valence electrons.